The Balaban J connectivity index is 1.36. The van der Waals surface area contributed by atoms with E-state index in [0.717, 1.165) is 66.4 Å². The predicted molar refractivity (Wildman–Crippen MR) is 211 cm³/mol. The summed E-state index contributed by atoms with van der Waals surface area (Å²) in [5.41, 5.74) is 9.31. The Morgan fingerprint density at radius 3 is 1.72 bits per heavy atom. The van der Waals surface area contributed by atoms with Crippen molar-refractivity contribution in [2.45, 2.75) is 0 Å². The van der Waals surface area contributed by atoms with Crippen molar-refractivity contribution >= 4 is 21.8 Å². The van der Waals surface area contributed by atoms with E-state index in [1.165, 1.54) is 12.1 Å². The van der Waals surface area contributed by atoms with Crippen molar-refractivity contribution in [3.8, 4) is 74.2 Å². The lowest BCUT2D eigenvalue weighted by molar-refractivity contribution is 0.628. The van der Waals surface area contributed by atoms with Gasteiger partial charge < -0.3 is 4.57 Å². The van der Waals surface area contributed by atoms with Gasteiger partial charge in [-0.25, -0.2) is 19.3 Å². The van der Waals surface area contributed by atoms with Gasteiger partial charge in [-0.3, -0.25) is 0 Å². The van der Waals surface area contributed by atoms with E-state index in [9.17, 15) is 14.9 Å². The quantitative estimate of drug-likeness (QED) is 0.173. The van der Waals surface area contributed by atoms with Crippen LogP contribution in [0.2, 0.25) is 0 Å². The second-order valence-electron chi connectivity index (χ2n) is 12.8. The van der Waals surface area contributed by atoms with Crippen LogP contribution in [-0.4, -0.2) is 19.5 Å². The van der Waals surface area contributed by atoms with E-state index in [2.05, 4.69) is 47.0 Å². The van der Waals surface area contributed by atoms with Gasteiger partial charge in [0.15, 0.2) is 17.5 Å². The summed E-state index contributed by atoms with van der Waals surface area (Å²) in [6, 6.07) is 56.3. The molecule has 0 aliphatic heterocycles. The van der Waals surface area contributed by atoms with Gasteiger partial charge in [-0.15, -0.1) is 0 Å². The fourth-order valence-corrected chi connectivity index (χ4v) is 7.01. The first-order chi connectivity index (χ1) is 26.6. The van der Waals surface area contributed by atoms with Crippen LogP contribution >= 0.6 is 0 Å². The van der Waals surface area contributed by atoms with Crippen molar-refractivity contribution in [1.29, 1.82) is 10.5 Å². The van der Waals surface area contributed by atoms with Crippen molar-refractivity contribution in [3.05, 3.63) is 181 Å². The average Bonchev–Trinajstić information content (AvgIpc) is 3.57. The molecule has 252 valence electrons. The lowest BCUT2D eigenvalue weighted by atomic mass is 9.97. The van der Waals surface area contributed by atoms with Crippen molar-refractivity contribution in [2.75, 3.05) is 0 Å². The summed E-state index contributed by atoms with van der Waals surface area (Å²) in [6.07, 6.45) is 0. The molecule has 6 nitrogen and oxygen atoms in total. The number of hydrogen-bond donors (Lipinski definition) is 0. The second kappa shape index (κ2) is 13.4. The van der Waals surface area contributed by atoms with Crippen LogP contribution in [0.4, 0.5) is 4.39 Å². The van der Waals surface area contributed by atoms with Crippen molar-refractivity contribution in [2.24, 2.45) is 0 Å². The third-order valence-electron chi connectivity index (χ3n) is 9.61. The van der Waals surface area contributed by atoms with Crippen molar-refractivity contribution in [3.63, 3.8) is 0 Å². The van der Waals surface area contributed by atoms with Gasteiger partial charge in [-0.2, -0.15) is 10.5 Å². The van der Waals surface area contributed by atoms with Crippen LogP contribution in [0.25, 0.3) is 83.9 Å². The van der Waals surface area contributed by atoms with Gasteiger partial charge >= 0.3 is 0 Å². The molecule has 54 heavy (non-hydrogen) atoms. The number of fused-ring (bicyclic) bond motifs is 3. The first-order valence-electron chi connectivity index (χ1n) is 17.3. The maximum absolute atomic E-state index is 14.1. The summed E-state index contributed by atoms with van der Waals surface area (Å²) in [7, 11) is 0. The summed E-state index contributed by atoms with van der Waals surface area (Å²) >= 11 is 0. The molecule has 0 saturated heterocycles. The number of rotatable bonds is 6. The Kier molecular flexibility index (Phi) is 8.00. The molecule has 0 aliphatic rings. The van der Waals surface area contributed by atoms with Crippen LogP contribution in [0.15, 0.2) is 164 Å². The molecule has 0 spiro atoms. The third-order valence-corrected chi connectivity index (χ3v) is 9.61. The number of nitriles is 2. The molecule has 9 aromatic rings. The maximum Gasteiger partial charge on any atom is 0.166 e. The van der Waals surface area contributed by atoms with Crippen LogP contribution in [0.1, 0.15) is 11.1 Å². The number of nitrogens with zero attached hydrogens (tertiary/aromatic N) is 6. The number of para-hydroxylation sites is 1. The summed E-state index contributed by atoms with van der Waals surface area (Å²) < 4.78 is 16.3. The Bertz CT molecular complexity index is 2900. The molecular weight excluding hydrogens is 668 g/mol. The molecular formula is C47H27FN6. The molecule has 0 amide bonds. The summed E-state index contributed by atoms with van der Waals surface area (Å²) in [5, 5.41) is 21.7. The minimum absolute atomic E-state index is 0.308. The number of benzene rings is 7. The first-order valence-corrected chi connectivity index (χ1v) is 17.3. The molecule has 9 rings (SSSR count). The molecule has 0 aliphatic carbocycles. The summed E-state index contributed by atoms with van der Waals surface area (Å²) in [5.74, 6) is 1.27. The molecule has 2 aromatic heterocycles. The molecule has 2 heterocycles. The van der Waals surface area contributed by atoms with Gasteiger partial charge in [0.05, 0.1) is 40.0 Å². The second-order valence-corrected chi connectivity index (χ2v) is 12.8. The molecule has 0 atom stereocenters. The summed E-state index contributed by atoms with van der Waals surface area (Å²) in [4.78, 5) is 15.1. The lowest BCUT2D eigenvalue weighted by Gasteiger charge is -2.17. The summed E-state index contributed by atoms with van der Waals surface area (Å²) in [6.45, 7) is 0. The maximum atomic E-state index is 14.1. The van der Waals surface area contributed by atoms with Crippen molar-refractivity contribution in [1.82, 2.24) is 19.5 Å². The Morgan fingerprint density at radius 2 is 1.04 bits per heavy atom. The zero-order valence-corrected chi connectivity index (χ0v) is 28.6. The molecule has 7 heteroatoms. The zero-order valence-electron chi connectivity index (χ0n) is 28.6. The average molecular weight is 695 g/mol. The van der Waals surface area contributed by atoms with Crippen LogP contribution in [-0.2, 0) is 0 Å². The highest BCUT2D eigenvalue weighted by atomic mass is 19.1. The molecule has 0 bridgehead atoms. The van der Waals surface area contributed by atoms with Crippen LogP contribution < -0.4 is 0 Å². The molecule has 7 aromatic carbocycles. The largest absolute Gasteiger partial charge is 0.308 e. The molecule has 0 radical (unpaired) electrons. The Hall–Kier alpha value is -7.74. The highest BCUT2D eigenvalue weighted by Gasteiger charge is 2.21. The van der Waals surface area contributed by atoms with E-state index in [-0.39, 0.29) is 5.82 Å². The monoisotopic (exact) mass is 694 g/mol. The highest BCUT2D eigenvalue weighted by Crippen LogP contribution is 2.40. The van der Waals surface area contributed by atoms with Crippen LogP contribution in [0.3, 0.4) is 0 Å². The van der Waals surface area contributed by atoms with Crippen molar-refractivity contribution < 1.29 is 4.39 Å². The van der Waals surface area contributed by atoms with E-state index in [1.807, 2.05) is 97.1 Å². The Labute approximate surface area is 310 Å². The normalized spacial score (nSPS) is 11.0. The fourth-order valence-electron chi connectivity index (χ4n) is 7.01. The van der Waals surface area contributed by atoms with Crippen LogP contribution in [0, 0.1) is 28.5 Å². The molecule has 0 N–H and O–H groups in total. The fraction of sp³-hybridized carbons (Fsp3) is 0. The minimum Gasteiger partial charge on any atom is -0.308 e. The SMILES string of the molecule is N#Cc1ccc(-c2ccc3c4ccccc4n(-c4cc(-c5ccc(F)cc5)ccc4-c4nc(-c5ccccc5)nc(-c5ccccc5)n4)c3c2)c(C#N)c1. The van der Waals surface area contributed by atoms with Gasteiger partial charge in [0, 0.05) is 27.5 Å². The molecule has 0 fully saturated rings. The molecule has 0 saturated carbocycles. The van der Waals surface area contributed by atoms with Gasteiger partial charge in [-0.05, 0) is 70.8 Å². The van der Waals surface area contributed by atoms with E-state index in [1.54, 1.807) is 24.3 Å². The smallest absolute Gasteiger partial charge is 0.166 e. The minimum atomic E-state index is -0.308. The van der Waals surface area contributed by atoms with Gasteiger partial charge in [-0.1, -0.05) is 115 Å². The number of halogens is 1. The topological polar surface area (TPSA) is 91.2 Å². The molecule has 0 unspecified atom stereocenters. The lowest BCUT2D eigenvalue weighted by Crippen LogP contribution is -2.04. The Morgan fingerprint density at radius 1 is 0.444 bits per heavy atom. The van der Waals surface area contributed by atoms with E-state index in [0.29, 0.717) is 28.6 Å². The van der Waals surface area contributed by atoms with E-state index in [4.69, 9.17) is 15.0 Å². The number of hydrogen-bond acceptors (Lipinski definition) is 5. The highest BCUT2D eigenvalue weighted by molar-refractivity contribution is 6.11. The van der Waals surface area contributed by atoms with E-state index >= 15 is 0 Å². The predicted octanol–water partition coefficient (Wildman–Crippen LogP) is 11.2. The van der Waals surface area contributed by atoms with Crippen LogP contribution in [0.5, 0.6) is 0 Å². The first kappa shape index (κ1) is 32.2. The van der Waals surface area contributed by atoms with Gasteiger partial charge in [0.25, 0.3) is 0 Å². The standard InChI is InChI=1S/C47H27FN6/c48-37-20-16-31(17-21-37)34-18-24-41(47-52-45(32-9-3-1-4-10-32)51-46(53-47)33-11-5-2-6-12-33)44(26-34)54-42-14-8-7-13-39(42)40-23-19-35(27-43(40)54)38-22-15-30(28-49)25-36(38)29-50/h1-27H. The zero-order chi connectivity index (χ0) is 36.6. The van der Waals surface area contributed by atoms with E-state index < -0.39 is 0 Å². The third kappa shape index (κ3) is 5.73. The van der Waals surface area contributed by atoms with Gasteiger partial charge in [0.1, 0.15) is 5.82 Å². The van der Waals surface area contributed by atoms with Gasteiger partial charge in [0.2, 0.25) is 0 Å². The number of aromatic nitrogens is 4.